The van der Waals surface area contributed by atoms with Gasteiger partial charge in [-0.05, 0) is 26.0 Å². The summed E-state index contributed by atoms with van der Waals surface area (Å²) in [6.45, 7) is 8.04. The SMILES string of the molecule is C=CCn1c(C)c(CC(=O)Nc2nc3ccccc3[nH]2)c(=O)n2nc(-c3ccc(C)cc3)nc12. The fourth-order valence-electron chi connectivity index (χ4n) is 3.94. The van der Waals surface area contributed by atoms with Crippen molar-refractivity contribution in [1.82, 2.24) is 29.1 Å². The number of H-pyrrole nitrogens is 1. The highest BCUT2D eigenvalue weighted by atomic mass is 16.2. The quantitative estimate of drug-likeness (QED) is 0.383. The highest BCUT2D eigenvalue weighted by Crippen LogP contribution is 2.19. The van der Waals surface area contributed by atoms with Gasteiger partial charge in [0.1, 0.15) is 0 Å². The summed E-state index contributed by atoms with van der Waals surface area (Å²) in [5.74, 6) is 0.819. The Morgan fingerprint density at radius 1 is 1.12 bits per heavy atom. The lowest BCUT2D eigenvalue weighted by molar-refractivity contribution is -0.115. The van der Waals surface area contributed by atoms with E-state index in [1.54, 1.807) is 13.0 Å². The third kappa shape index (κ3) is 3.77. The van der Waals surface area contributed by atoms with Gasteiger partial charge >= 0.3 is 0 Å². The van der Waals surface area contributed by atoms with E-state index in [4.69, 9.17) is 0 Å². The van der Waals surface area contributed by atoms with Gasteiger partial charge < -0.3 is 9.55 Å². The molecular formula is C25H23N7O2. The van der Waals surface area contributed by atoms with Crippen molar-refractivity contribution in [3.05, 3.63) is 88.4 Å². The normalized spacial score (nSPS) is 11.2. The first kappa shape index (κ1) is 21.3. The Kier molecular flexibility index (Phi) is 5.29. The van der Waals surface area contributed by atoms with Gasteiger partial charge in [-0.15, -0.1) is 11.7 Å². The molecule has 0 radical (unpaired) electrons. The lowest BCUT2D eigenvalue weighted by Crippen LogP contribution is -2.29. The number of hydrogen-bond acceptors (Lipinski definition) is 5. The number of aromatic amines is 1. The smallest absolute Gasteiger partial charge is 0.279 e. The second-order valence-electron chi connectivity index (χ2n) is 8.11. The van der Waals surface area contributed by atoms with Gasteiger partial charge in [0, 0.05) is 23.4 Å². The largest absolute Gasteiger partial charge is 0.324 e. The first-order valence-electron chi connectivity index (χ1n) is 10.9. The van der Waals surface area contributed by atoms with Crippen molar-refractivity contribution in [2.45, 2.75) is 26.8 Å². The van der Waals surface area contributed by atoms with E-state index < -0.39 is 0 Å². The van der Waals surface area contributed by atoms with Crippen LogP contribution in [0.15, 0.2) is 66.0 Å². The van der Waals surface area contributed by atoms with Crippen LogP contribution in [0.5, 0.6) is 0 Å². The van der Waals surface area contributed by atoms with Crippen LogP contribution in [0.3, 0.4) is 0 Å². The lowest BCUT2D eigenvalue weighted by Gasteiger charge is -2.13. The molecule has 1 amide bonds. The molecule has 0 aliphatic rings. The van der Waals surface area contributed by atoms with Crippen molar-refractivity contribution in [1.29, 1.82) is 0 Å². The minimum atomic E-state index is -0.376. The zero-order valence-corrected chi connectivity index (χ0v) is 18.9. The van der Waals surface area contributed by atoms with E-state index in [0.29, 0.717) is 35.4 Å². The second-order valence-corrected chi connectivity index (χ2v) is 8.11. The summed E-state index contributed by atoms with van der Waals surface area (Å²) in [5.41, 5.74) is 4.08. The fraction of sp³-hybridized carbons (Fsp3) is 0.160. The summed E-state index contributed by atoms with van der Waals surface area (Å²) in [5, 5.41) is 7.22. The van der Waals surface area contributed by atoms with Crippen molar-refractivity contribution >= 4 is 28.7 Å². The molecule has 9 nitrogen and oxygen atoms in total. The van der Waals surface area contributed by atoms with Crippen LogP contribution in [0.4, 0.5) is 5.95 Å². The van der Waals surface area contributed by atoms with Crippen LogP contribution in [-0.2, 0) is 17.8 Å². The molecule has 170 valence electrons. The number of imidazole rings is 1. The van der Waals surface area contributed by atoms with Crippen LogP contribution in [0.2, 0.25) is 0 Å². The minimum Gasteiger partial charge on any atom is -0.324 e. The molecule has 0 aliphatic carbocycles. The van der Waals surface area contributed by atoms with Crippen LogP contribution in [0, 0.1) is 13.8 Å². The number of nitrogens with one attached hydrogen (secondary N) is 2. The Hall–Kier alpha value is -4.53. The number of aromatic nitrogens is 6. The number of aryl methyl sites for hydroxylation is 1. The van der Waals surface area contributed by atoms with Crippen molar-refractivity contribution in [2.24, 2.45) is 0 Å². The molecular weight excluding hydrogens is 430 g/mol. The van der Waals surface area contributed by atoms with Gasteiger partial charge in [0.15, 0.2) is 5.82 Å². The standard InChI is InChI=1S/C25H23N7O2/c1-4-13-31-16(3)18(14-21(33)28-24-26-19-7-5-6-8-20(19)27-24)23(34)32-25(31)29-22(30-32)17-11-9-15(2)10-12-17/h4-12H,1,13-14H2,2-3H3,(H2,26,27,28,33). The predicted octanol–water partition coefficient (Wildman–Crippen LogP) is 3.42. The summed E-state index contributed by atoms with van der Waals surface area (Å²) in [6.07, 6.45) is 1.59. The number of fused-ring (bicyclic) bond motifs is 2. The highest BCUT2D eigenvalue weighted by molar-refractivity contribution is 5.92. The van der Waals surface area contributed by atoms with Gasteiger partial charge in [0.25, 0.3) is 5.56 Å². The number of para-hydroxylation sites is 2. The molecule has 34 heavy (non-hydrogen) atoms. The topological polar surface area (TPSA) is 110 Å². The summed E-state index contributed by atoms with van der Waals surface area (Å²) >= 11 is 0. The lowest BCUT2D eigenvalue weighted by atomic mass is 10.1. The van der Waals surface area contributed by atoms with Gasteiger partial charge in [-0.1, -0.05) is 48.0 Å². The van der Waals surface area contributed by atoms with Crippen molar-refractivity contribution < 1.29 is 4.79 Å². The van der Waals surface area contributed by atoms with Crippen LogP contribution >= 0.6 is 0 Å². The molecule has 9 heteroatoms. The highest BCUT2D eigenvalue weighted by Gasteiger charge is 2.20. The Labute approximate surface area is 194 Å². The molecule has 0 aliphatic heterocycles. The average Bonchev–Trinajstić information content (AvgIpc) is 3.44. The monoisotopic (exact) mass is 453 g/mol. The predicted molar refractivity (Wildman–Crippen MR) is 131 cm³/mol. The third-order valence-electron chi connectivity index (χ3n) is 5.73. The Bertz CT molecular complexity index is 1570. The molecule has 0 bridgehead atoms. The van der Waals surface area contributed by atoms with Gasteiger partial charge in [-0.3, -0.25) is 14.9 Å². The van der Waals surface area contributed by atoms with Gasteiger partial charge in [0.05, 0.1) is 17.5 Å². The summed E-state index contributed by atoms with van der Waals surface area (Å²) in [4.78, 5) is 38.2. The van der Waals surface area contributed by atoms with Crippen LogP contribution in [0.1, 0.15) is 16.8 Å². The fourth-order valence-corrected chi connectivity index (χ4v) is 3.94. The van der Waals surface area contributed by atoms with E-state index in [1.165, 1.54) is 4.52 Å². The zero-order valence-electron chi connectivity index (χ0n) is 18.9. The number of allylic oxidation sites excluding steroid dienone is 1. The molecule has 3 aromatic heterocycles. The Morgan fingerprint density at radius 2 is 1.88 bits per heavy atom. The molecule has 2 N–H and O–H groups in total. The maximum absolute atomic E-state index is 13.4. The van der Waals surface area contributed by atoms with E-state index in [9.17, 15) is 9.59 Å². The number of carbonyl (C=O) groups excluding carboxylic acids is 1. The molecule has 0 saturated heterocycles. The van der Waals surface area contributed by atoms with E-state index in [1.807, 2.05) is 60.0 Å². The average molecular weight is 454 g/mol. The maximum atomic E-state index is 13.4. The molecule has 0 saturated carbocycles. The van der Waals surface area contributed by atoms with E-state index in [2.05, 4.69) is 31.9 Å². The van der Waals surface area contributed by atoms with Crippen molar-refractivity contribution in [3.63, 3.8) is 0 Å². The summed E-state index contributed by atoms with van der Waals surface area (Å²) in [6, 6.07) is 15.3. The van der Waals surface area contributed by atoms with E-state index >= 15 is 0 Å². The number of nitrogens with zero attached hydrogens (tertiary/aromatic N) is 5. The van der Waals surface area contributed by atoms with Crippen molar-refractivity contribution in [2.75, 3.05) is 5.32 Å². The van der Waals surface area contributed by atoms with Crippen LogP contribution in [0.25, 0.3) is 28.2 Å². The molecule has 0 spiro atoms. The van der Waals surface area contributed by atoms with E-state index in [-0.39, 0.29) is 17.9 Å². The third-order valence-corrected chi connectivity index (χ3v) is 5.73. The Balaban J connectivity index is 1.53. The van der Waals surface area contributed by atoms with Crippen molar-refractivity contribution in [3.8, 4) is 11.4 Å². The number of hydrogen-bond donors (Lipinski definition) is 2. The number of benzene rings is 2. The number of anilines is 1. The van der Waals surface area contributed by atoms with E-state index in [0.717, 1.165) is 22.2 Å². The van der Waals surface area contributed by atoms with Crippen LogP contribution < -0.4 is 10.9 Å². The second kappa shape index (κ2) is 8.43. The number of rotatable bonds is 6. The zero-order chi connectivity index (χ0) is 23.8. The van der Waals surface area contributed by atoms with Gasteiger partial charge in [-0.25, -0.2) is 4.98 Å². The van der Waals surface area contributed by atoms with Crippen LogP contribution in [-0.4, -0.2) is 35.0 Å². The molecule has 0 fully saturated rings. The molecule has 0 atom stereocenters. The molecule has 5 rings (SSSR count). The molecule has 5 aromatic rings. The maximum Gasteiger partial charge on any atom is 0.279 e. The first-order chi connectivity index (χ1) is 16.4. The van der Waals surface area contributed by atoms with Gasteiger partial charge in [0.2, 0.25) is 17.6 Å². The molecule has 2 aromatic carbocycles. The Morgan fingerprint density at radius 3 is 2.62 bits per heavy atom. The number of amides is 1. The summed E-state index contributed by atoms with van der Waals surface area (Å²) in [7, 11) is 0. The van der Waals surface area contributed by atoms with Gasteiger partial charge in [-0.2, -0.15) is 9.50 Å². The molecule has 3 heterocycles. The minimum absolute atomic E-state index is 0.130. The first-order valence-corrected chi connectivity index (χ1v) is 10.9. The summed E-state index contributed by atoms with van der Waals surface area (Å²) < 4.78 is 3.10. The molecule has 0 unspecified atom stereocenters. The number of carbonyl (C=O) groups is 1.